The third-order valence-electron chi connectivity index (χ3n) is 4.24. The summed E-state index contributed by atoms with van der Waals surface area (Å²) in [6, 6.07) is 20.7. The molecule has 0 aliphatic carbocycles. The van der Waals surface area contributed by atoms with Crippen LogP contribution in [0, 0.1) is 0 Å². The number of nitrogens with zero attached hydrogens (tertiary/aromatic N) is 1. The van der Waals surface area contributed by atoms with Crippen LogP contribution in [0.3, 0.4) is 0 Å². The second-order valence-corrected chi connectivity index (χ2v) is 6.50. The van der Waals surface area contributed by atoms with Crippen molar-refractivity contribution in [3.8, 4) is 5.75 Å². The molecular formula is C23H26N4O3. The normalized spacial score (nSPS) is 11.0. The van der Waals surface area contributed by atoms with E-state index in [0.717, 1.165) is 24.3 Å². The highest BCUT2D eigenvalue weighted by atomic mass is 16.5. The third kappa shape index (κ3) is 6.70. The van der Waals surface area contributed by atoms with E-state index in [4.69, 9.17) is 9.15 Å². The zero-order chi connectivity index (χ0) is 21.0. The number of benzene rings is 2. The lowest BCUT2D eigenvalue weighted by Crippen LogP contribution is -2.37. The van der Waals surface area contributed by atoms with E-state index >= 15 is 0 Å². The van der Waals surface area contributed by atoms with Crippen LogP contribution in [0.25, 0.3) is 0 Å². The lowest BCUT2D eigenvalue weighted by molar-refractivity contribution is 0.0996. The second kappa shape index (κ2) is 11.3. The smallest absolute Gasteiger partial charge is 0.291 e. The summed E-state index contributed by atoms with van der Waals surface area (Å²) in [5, 5.41) is 9.37. The van der Waals surface area contributed by atoms with Crippen LogP contribution in [0.1, 0.15) is 22.5 Å². The van der Waals surface area contributed by atoms with E-state index < -0.39 is 0 Å². The van der Waals surface area contributed by atoms with Crippen LogP contribution in [0.15, 0.2) is 82.4 Å². The zero-order valence-corrected chi connectivity index (χ0v) is 16.9. The van der Waals surface area contributed by atoms with E-state index in [9.17, 15) is 4.79 Å². The van der Waals surface area contributed by atoms with Gasteiger partial charge in [0.15, 0.2) is 11.7 Å². The summed E-state index contributed by atoms with van der Waals surface area (Å²) in [4.78, 5) is 16.3. The van der Waals surface area contributed by atoms with E-state index in [0.29, 0.717) is 24.8 Å². The van der Waals surface area contributed by atoms with Crippen LogP contribution in [0.4, 0.5) is 5.69 Å². The fourth-order valence-corrected chi connectivity index (χ4v) is 2.75. The number of hydrogen-bond acceptors (Lipinski definition) is 4. The molecule has 7 nitrogen and oxygen atoms in total. The van der Waals surface area contributed by atoms with Crippen molar-refractivity contribution in [1.82, 2.24) is 10.6 Å². The van der Waals surface area contributed by atoms with E-state index in [1.165, 1.54) is 6.26 Å². The minimum absolute atomic E-state index is 0.277. The molecule has 1 amide bonds. The van der Waals surface area contributed by atoms with Gasteiger partial charge in [-0.3, -0.25) is 9.79 Å². The summed E-state index contributed by atoms with van der Waals surface area (Å²) in [6.45, 7) is 1.95. The number of aliphatic imine (C=N–C) groups is 1. The Labute approximate surface area is 176 Å². The standard InChI is InChI=1S/C23H26N4O3/c1-24-23(25-13-7-15-29-20-10-3-2-4-11-20)26-17-18-8-5-9-19(16-18)27-22(28)21-12-6-14-30-21/h2-6,8-12,14,16H,7,13,15,17H2,1H3,(H,27,28)(H2,24,25,26). The highest BCUT2D eigenvalue weighted by Crippen LogP contribution is 2.13. The molecule has 156 valence electrons. The fourth-order valence-electron chi connectivity index (χ4n) is 2.75. The van der Waals surface area contributed by atoms with Crippen molar-refractivity contribution in [1.29, 1.82) is 0 Å². The number of furan rings is 1. The molecule has 0 aliphatic rings. The van der Waals surface area contributed by atoms with Crippen LogP contribution >= 0.6 is 0 Å². The van der Waals surface area contributed by atoms with Gasteiger partial charge >= 0.3 is 0 Å². The lowest BCUT2D eigenvalue weighted by Gasteiger charge is -2.13. The van der Waals surface area contributed by atoms with Crippen LogP contribution in [-0.2, 0) is 6.54 Å². The van der Waals surface area contributed by atoms with Gasteiger partial charge in [0.25, 0.3) is 5.91 Å². The quantitative estimate of drug-likeness (QED) is 0.287. The minimum Gasteiger partial charge on any atom is -0.494 e. The molecule has 0 saturated heterocycles. The van der Waals surface area contributed by atoms with Crippen molar-refractivity contribution >= 4 is 17.6 Å². The summed E-state index contributed by atoms with van der Waals surface area (Å²) in [5.41, 5.74) is 1.72. The predicted octanol–water partition coefficient (Wildman–Crippen LogP) is 3.67. The Morgan fingerprint density at radius 3 is 2.67 bits per heavy atom. The van der Waals surface area contributed by atoms with E-state index in [2.05, 4.69) is 20.9 Å². The van der Waals surface area contributed by atoms with Gasteiger partial charge in [-0.2, -0.15) is 0 Å². The number of ether oxygens (including phenoxy) is 1. The molecule has 3 N–H and O–H groups in total. The number of para-hydroxylation sites is 1. The van der Waals surface area contributed by atoms with Crippen molar-refractivity contribution in [2.45, 2.75) is 13.0 Å². The lowest BCUT2D eigenvalue weighted by atomic mass is 10.2. The number of hydrogen-bond donors (Lipinski definition) is 3. The number of carbonyl (C=O) groups is 1. The average molecular weight is 406 g/mol. The van der Waals surface area contributed by atoms with Gasteiger partial charge in [0.2, 0.25) is 0 Å². The highest BCUT2D eigenvalue weighted by Gasteiger charge is 2.09. The second-order valence-electron chi connectivity index (χ2n) is 6.50. The van der Waals surface area contributed by atoms with Gasteiger partial charge in [-0.1, -0.05) is 30.3 Å². The summed E-state index contributed by atoms with van der Waals surface area (Å²) >= 11 is 0. The number of guanidine groups is 1. The third-order valence-corrected chi connectivity index (χ3v) is 4.24. The summed E-state index contributed by atoms with van der Waals surface area (Å²) in [7, 11) is 1.73. The maximum atomic E-state index is 12.1. The van der Waals surface area contributed by atoms with Crippen LogP contribution < -0.4 is 20.7 Å². The number of amides is 1. The first-order valence-corrected chi connectivity index (χ1v) is 9.81. The number of carbonyl (C=O) groups excluding carboxylic acids is 1. The maximum Gasteiger partial charge on any atom is 0.291 e. The number of rotatable bonds is 9. The van der Waals surface area contributed by atoms with Crippen molar-refractivity contribution in [3.63, 3.8) is 0 Å². The highest BCUT2D eigenvalue weighted by molar-refractivity contribution is 6.02. The molecule has 3 aromatic rings. The first-order chi connectivity index (χ1) is 14.7. The summed E-state index contributed by atoms with van der Waals surface area (Å²) in [5.74, 6) is 1.58. The summed E-state index contributed by atoms with van der Waals surface area (Å²) in [6.07, 6.45) is 2.32. The van der Waals surface area contributed by atoms with Crippen LogP contribution in [0.5, 0.6) is 5.75 Å². The van der Waals surface area contributed by atoms with Crippen molar-refractivity contribution in [2.24, 2.45) is 4.99 Å². The Morgan fingerprint density at radius 2 is 1.90 bits per heavy atom. The SMILES string of the molecule is CN=C(NCCCOc1ccccc1)NCc1cccc(NC(=O)c2ccco2)c1. The van der Waals surface area contributed by atoms with Crippen LogP contribution in [-0.4, -0.2) is 32.1 Å². The minimum atomic E-state index is -0.277. The van der Waals surface area contributed by atoms with Crippen molar-refractivity contribution < 1.29 is 13.9 Å². The molecule has 0 unspecified atom stereocenters. The molecule has 1 heterocycles. The molecule has 0 fully saturated rings. The van der Waals surface area contributed by atoms with Gasteiger partial charge in [-0.15, -0.1) is 0 Å². The molecule has 0 radical (unpaired) electrons. The Hall–Kier alpha value is -3.74. The Morgan fingerprint density at radius 1 is 1.03 bits per heavy atom. The average Bonchev–Trinajstić information content (AvgIpc) is 3.32. The molecule has 3 rings (SSSR count). The van der Waals surface area contributed by atoms with Gasteiger partial charge in [-0.25, -0.2) is 0 Å². The van der Waals surface area contributed by atoms with Crippen LogP contribution in [0.2, 0.25) is 0 Å². The van der Waals surface area contributed by atoms with Gasteiger partial charge in [0.05, 0.1) is 12.9 Å². The number of nitrogens with one attached hydrogen (secondary N) is 3. The maximum absolute atomic E-state index is 12.1. The van der Waals surface area contributed by atoms with Gasteiger partial charge in [-0.05, 0) is 48.4 Å². The zero-order valence-electron chi connectivity index (χ0n) is 16.9. The van der Waals surface area contributed by atoms with E-state index in [1.807, 2.05) is 54.6 Å². The molecule has 0 aliphatic heterocycles. The molecule has 30 heavy (non-hydrogen) atoms. The molecule has 0 bridgehead atoms. The fraction of sp³-hybridized carbons (Fsp3) is 0.217. The van der Waals surface area contributed by atoms with E-state index in [1.54, 1.807) is 19.2 Å². The predicted molar refractivity (Wildman–Crippen MR) is 118 cm³/mol. The number of anilines is 1. The molecule has 0 spiro atoms. The Bertz CT molecular complexity index is 940. The largest absolute Gasteiger partial charge is 0.494 e. The first kappa shape index (κ1) is 21.0. The molecule has 7 heteroatoms. The molecule has 0 saturated carbocycles. The van der Waals surface area contributed by atoms with Gasteiger partial charge in [0, 0.05) is 25.8 Å². The topological polar surface area (TPSA) is 87.9 Å². The van der Waals surface area contributed by atoms with Crippen molar-refractivity contribution in [2.75, 3.05) is 25.5 Å². The molecular weight excluding hydrogens is 380 g/mol. The van der Waals surface area contributed by atoms with E-state index in [-0.39, 0.29) is 11.7 Å². The van der Waals surface area contributed by atoms with Crippen molar-refractivity contribution in [3.05, 3.63) is 84.3 Å². The Balaban J connectivity index is 1.39. The molecule has 2 aromatic carbocycles. The monoisotopic (exact) mass is 406 g/mol. The van der Waals surface area contributed by atoms with Gasteiger partial charge < -0.3 is 25.1 Å². The Kier molecular flexibility index (Phi) is 7.91. The first-order valence-electron chi connectivity index (χ1n) is 9.81. The van der Waals surface area contributed by atoms with Gasteiger partial charge in [0.1, 0.15) is 5.75 Å². The summed E-state index contributed by atoms with van der Waals surface area (Å²) < 4.78 is 10.8. The molecule has 0 atom stereocenters. The molecule has 1 aromatic heterocycles.